The number of aryl methyl sites for hydroxylation is 1. The minimum absolute atomic E-state index is 0.0964. The van der Waals surface area contributed by atoms with Crippen LogP contribution in [0.3, 0.4) is 0 Å². The Bertz CT molecular complexity index is 1150. The molecular weight excluding hydrogens is 425 g/mol. The fourth-order valence-electron chi connectivity index (χ4n) is 4.69. The Balaban J connectivity index is 1.45. The van der Waals surface area contributed by atoms with Crippen LogP contribution >= 0.6 is 0 Å². The van der Waals surface area contributed by atoms with Crippen LogP contribution in [0.2, 0.25) is 0 Å². The Labute approximate surface area is 181 Å². The van der Waals surface area contributed by atoms with Crippen molar-refractivity contribution in [1.29, 1.82) is 0 Å². The van der Waals surface area contributed by atoms with E-state index in [0.29, 0.717) is 17.7 Å². The molecule has 0 aromatic carbocycles. The van der Waals surface area contributed by atoms with Gasteiger partial charge in [-0.3, -0.25) is 9.48 Å². The van der Waals surface area contributed by atoms with Crippen molar-refractivity contribution >= 4 is 23.1 Å². The lowest BCUT2D eigenvalue weighted by atomic mass is 9.89. The van der Waals surface area contributed by atoms with Crippen LogP contribution in [0.25, 0.3) is 5.65 Å². The van der Waals surface area contributed by atoms with Crippen LogP contribution in [0, 0.1) is 0 Å². The first-order chi connectivity index (χ1) is 15.3. The summed E-state index contributed by atoms with van der Waals surface area (Å²) in [4.78, 5) is 19.8. The maximum Gasteiger partial charge on any atom is 0.437 e. The molecule has 170 valence electrons. The molecule has 2 unspecified atom stereocenters. The average Bonchev–Trinajstić information content (AvgIpc) is 3.36. The number of fused-ring (bicyclic) bond motifs is 2. The highest BCUT2D eigenvalue weighted by atomic mass is 19.4. The number of carbonyl (C=O) groups is 1. The number of rotatable bonds is 3. The van der Waals surface area contributed by atoms with Crippen molar-refractivity contribution in [1.82, 2.24) is 29.7 Å². The van der Waals surface area contributed by atoms with E-state index in [0.717, 1.165) is 55.5 Å². The van der Waals surface area contributed by atoms with Gasteiger partial charge >= 0.3 is 6.18 Å². The van der Waals surface area contributed by atoms with E-state index < -0.39 is 23.5 Å². The smallest absolute Gasteiger partial charge is 0.352 e. The zero-order chi connectivity index (χ0) is 22.5. The van der Waals surface area contributed by atoms with Crippen molar-refractivity contribution in [3.05, 3.63) is 35.9 Å². The lowest BCUT2D eigenvalue weighted by Crippen LogP contribution is -2.57. The summed E-state index contributed by atoms with van der Waals surface area (Å²) in [5.74, 6) is 0.0156. The van der Waals surface area contributed by atoms with Crippen molar-refractivity contribution in [2.45, 2.75) is 43.9 Å². The number of anilines is 2. The summed E-state index contributed by atoms with van der Waals surface area (Å²) >= 11 is 0. The number of nitrogens with one attached hydrogen (secondary N) is 2. The fraction of sp³-hybridized carbons (Fsp3) is 0.500. The minimum atomic E-state index is -4.69. The van der Waals surface area contributed by atoms with E-state index in [2.05, 4.69) is 30.7 Å². The first kappa shape index (κ1) is 20.7. The summed E-state index contributed by atoms with van der Waals surface area (Å²) in [6.07, 6.45) is 3.78. The number of hydrogen-bond acceptors (Lipinski definition) is 6. The van der Waals surface area contributed by atoms with Crippen LogP contribution in [0.15, 0.2) is 24.7 Å². The second-order valence-corrected chi connectivity index (χ2v) is 8.23. The Kier molecular flexibility index (Phi) is 5.03. The van der Waals surface area contributed by atoms with Gasteiger partial charge in [0.05, 0.1) is 11.9 Å². The number of piperidine rings is 2. The van der Waals surface area contributed by atoms with E-state index in [1.165, 1.54) is 17.8 Å². The summed E-state index contributed by atoms with van der Waals surface area (Å²) in [7, 11) is 1.36. The van der Waals surface area contributed by atoms with Gasteiger partial charge in [-0.15, -0.1) is 0 Å². The van der Waals surface area contributed by atoms with Gasteiger partial charge in [0.25, 0.3) is 5.91 Å². The molecule has 0 radical (unpaired) electrons. The lowest BCUT2D eigenvalue weighted by molar-refractivity contribution is -0.140. The molecule has 2 N–H and O–H groups in total. The maximum atomic E-state index is 13.2. The summed E-state index contributed by atoms with van der Waals surface area (Å²) in [6, 6.07) is 2.61. The van der Waals surface area contributed by atoms with Gasteiger partial charge in [0, 0.05) is 38.1 Å². The number of alkyl halides is 3. The van der Waals surface area contributed by atoms with Crippen LogP contribution in [0.1, 0.15) is 41.7 Å². The topological polar surface area (TPSA) is 92.4 Å². The molecule has 3 aromatic rings. The molecule has 2 saturated heterocycles. The largest absolute Gasteiger partial charge is 0.437 e. The van der Waals surface area contributed by atoms with Crippen molar-refractivity contribution in [3.63, 3.8) is 0 Å². The van der Waals surface area contributed by atoms with E-state index in [4.69, 9.17) is 0 Å². The third kappa shape index (κ3) is 3.68. The lowest BCUT2D eigenvalue weighted by Gasteiger charge is -2.45. The molecule has 9 nitrogen and oxygen atoms in total. The number of halogens is 3. The molecule has 32 heavy (non-hydrogen) atoms. The Morgan fingerprint density at radius 1 is 1.28 bits per heavy atom. The van der Waals surface area contributed by atoms with Crippen LogP contribution in [0.5, 0.6) is 0 Å². The molecule has 5 rings (SSSR count). The predicted octanol–water partition coefficient (Wildman–Crippen LogP) is 2.45. The van der Waals surface area contributed by atoms with E-state index in [1.54, 1.807) is 6.20 Å². The van der Waals surface area contributed by atoms with E-state index in [1.807, 2.05) is 6.07 Å². The van der Waals surface area contributed by atoms with E-state index >= 15 is 0 Å². The first-order valence-corrected chi connectivity index (χ1v) is 10.6. The zero-order valence-corrected chi connectivity index (χ0v) is 17.4. The number of amides is 1. The molecule has 5 heterocycles. The molecule has 0 spiro atoms. The SMILES string of the molecule is Cn1cc(NC(=O)c2cnn3ccc(N4CCCC5NCCCC54)nc23)c(C(F)(F)F)n1. The molecule has 2 aliphatic rings. The molecule has 0 bridgehead atoms. The number of nitrogens with zero attached hydrogens (tertiary/aromatic N) is 6. The molecule has 0 aliphatic carbocycles. The second kappa shape index (κ2) is 7.76. The van der Waals surface area contributed by atoms with E-state index in [-0.39, 0.29) is 5.56 Å². The molecule has 3 aromatic heterocycles. The third-order valence-electron chi connectivity index (χ3n) is 6.10. The standard InChI is InChI=1S/C20H23F3N8O/c1-29-11-14(17(28-29)20(21,22)23)26-19(32)12-10-25-31-9-6-16(27-18(12)31)30-8-3-4-13-15(30)5-2-7-24-13/h6,9-11,13,15,24H,2-5,7-8H2,1H3,(H,26,32). The monoisotopic (exact) mass is 448 g/mol. The summed E-state index contributed by atoms with van der Waals surface area (Å²) in [5, 5.41) is 13.5. The highest BCUT2D eigenvalue weighted by Gasteiger charge is 2.38. The first-order valence-electron chi connectivity index (χ1n) is 10.6. The predicted molar refractivity (Wildman–Crippen MR) is 111 cm³/mol. The molecule has 12 heteroatoms. The molecule has 2 atom stereocenters. The zero-order valence-electron chi connectivity index (χ0n) is 17.4. The third-order valence-corrected chi connectivity index (χ3v) is 6.10. The summed E-state index contributed by atoms with van der Waals surface area (Å²) in [6.45, 7) is 1.88. The van der Waals surface area contributed by atoms with Gasteiger partial charge in [-0.2, -0.15) is 23.4 Å². The molecule has 2 aliphatic heterocycles. The number of hydrogen-bond donors (Lipinski definition) is 2. The number of carbonyl (C=O) groups excluding carboxylic acids is 1. The van der Waals surface area contributed by atoms with Crippen molar-refractivity contribution in [3.8, 4) is 0 Å². The molecule has 2 fully saturated rings. The Morgan fingerprint density at radius 2 is 2.12 bits per heavy atom. The van der Waals surface area contributed by atoms with Gasteiger partial charge in [0.15, 0.2) is 11.3 Å². The van der Waals surface area contributed by atoms with Crippen LogP contribution in [-0.4, -0.2) is 55.5 Å². The van der Waals surface area contributed by atoms with Gasteiger partial charge in [-0.1, -0.05) is 0 Å². The van der Waals surface area contributed by atoms with Crippen molar-refractivity contribution < 1.29 is 18.0 Å². The van der Waals surface area contributed by atoms with Gasteiger partial charge in [-0.25, -0.2) is 9.50 Å². The summed E-state index contributed by atoms with van der Waals surface area (Å²) in [5.41, 5.74) is -1.17. The molecule has 0 saturated carbocycles. The van der Waals surface area contributed by atoms with Gasteiger partial charge in [-0.05, 0) is 38.3 Å². The number of aromatic nitrogens is 5. The summed E-state index contributed by atoms with van der Waals surface area (Å²) < 4.78 is 42.2. The fourth-order valence-corrected chi connectivity index (χ4v) is 4.69. The Hall–Kier alpha value is -3.15. The average molecular weight is 448 g/mol. The second-order valence-electron chi connectivity index (χ2n) is 8.23. The van der Waals surface area contributed by atoms with Gasteiger partial charge < -0.3 is 15.5 Å². The van der Waals surface area contributed by atoms with Crippen LogP contribution < -0.4 is 15.5 Å². The van der Waals surface area contributed by atoms with Gasteiger partial charge in [0.2, 0.25) is 0 Å². The molecule has 1 amide bonds. The highest BCUT2D eigenvalue weighted by Crippen LogP contribution is 2.34. The van der Waals surface area contributed by atoms with Crippen LogP contribution in [0.4, 0.5) is 24.7 Å². The normalized spacial score (nSPS) is 21.6. The van der Waals surface area contributed by atoms with Crippen molar-refractivity contribution in [2.75, 3.05) is 23.3 Å². The maximum absolute atomic E-state index is 13.2. The minimum Gasteiger partial charge on any atom is -0.352 e. The quantitative estimate of drug-likeness (QED) is 0.640. The molecular formula is C20H23F3N8O. The van der Waals surface area contributed by atoms with Crippen LogP contribution in [-0.2, 0) is 13.2 Å². The van der Waals surface area contributed by atoms with Crippen molar-refractivity contribution in [2.24, 2.45) is 7.05 Å². The Morgan fingerprint density at radius 3 is 2.94 bits per heavy atom. The highest BCUT2D eigenvalue weighted by molar-refractivity contribution is 6.08. The van der Waals surface area contributed by atoms with E-state index in [9.17, 15) is 18.0 Å². The van der Waals surface area contributed by atoms with Gasteiger partial charge in [0.1, 0.15) is 11.4 Å².